The van der Waals surface area contributed by atoms with Crippen LogP contribution in [0.4, 0.5) is 0 Å². The van der Waals surface area contributed by atoms with Gasteiger partial charge in [0.2, 0.25) is 6.08 Å². The lowest BCUT2D eigenvalue weighted by atomic mass is 10.1. The second-order valence-electron chi connectivity index (χ2n) is 3.58. The predicted molar refractivity (Wildman–Crippen MR) is 68.6 cm³/mol. The average Bonchev–Trinajstić information content (AvgIpc) is 2.38. The van der Waals surface area contributed by atoms with Crippen LogP contribution in [0.2, 0.25) is 0 Å². The molecular formula is C12H17NO3Si. The molecule has 17 heavy (non-hydrogen) atoms. The number of benzene rings is 1. The lowest BCUT2D eigenvalue weighted by Gasteiger charge is -2.15. The normalized spacial score (nSPS) is 10.3. The zero-order valence-corrected chi connectivity index (χ0v) is 11.3. The highest BCUT2D eigenvalue weighted by molar-refractivity contribution is 6.61. The summed E-state index contributed by atoms with van der Waals surface area (Å²) in [4.78, 5) is 13.5. The molecule has 0 saturated carbocycles. The molecule has 1 rings (SSSR count). The molecule has 5 heteroatoms. The van der Waals surface area contributed by atoms with E-state index in [1.807, 2.05) is 18.2 Å². The van der Waals surface area contributed by atoms with Gasteiger partial charge in [-0.05, 0) is 23.6 Å². The first-order valence-corrected chi connectivity index (χ1v) is 7.02. The van der Waals surface area contributed by atoms with Crippen LogP contribution < -0.4 is 5.19 Å². The lowest BCUT2D eigenvalue weighted by molar-refractivity contribution is 0.291. The minimum atomic E-state index is -1.76. The first-order chi connectivity index (χ1) is 8.33. The van der Waals surface area contributed by atoms with Crippen LogP contribution >= 0.6 is 0 Å². The quantitative estimate of drug-likeness (QED) is 0.310. The van der Waals surface area contributed by atoms with Gasteiger partial charge in [-0.3, -0.25) is 0 Å². The number of hydrogen-bond acceptors (Lipinski definition) is 4. The molecule has 0 bridgehead atoms. The fourth-order valence-corrected chi connectivity index (χ4v) is 3.25. The molecule has 1 aromatic carbocycles. The number of aliphatic imine (C=N–C) groups is 1. The molecule has 0 amide bonds. The SMILES string of the molecule is CO[SiH](OC)c1ccccc1CCCN=C=O. The van der Waals surface area contributed by atoms with Crippen molar-refractivity contribution in [2.75, 3.05) is 20.8 Å². The van der Waals surface area contributed by atoms with Gasteiger partial charge in [-0.25, -0.2) is 9.79 Å². The van der Waals surface area contributed by atoms with Crippen LogP contribution in [-0.4, -0.2) is 36.1 Å². The Labute approximate surface area is 103 Å². The maximum absolute atomic E-state index is 9.96. The molecule has 0 radical (unpaired) electrons. The second-order valence-corrected chi connectivity index (χ2v) is 5.81. The highest BCUT2D eigenvalue weighted by Crippen LogP contribution is 2.03. The molecule has 0 aromatic heterocycles. The summed E-state index contributed by atoms with van der Waals surface area (Å²) in [6, 6.07) is 8.10. The van der Waals surface area contributed by atoms with Crippen molar-refractivity contribution in [1.29, 1.82) is 0 Å². The third-order valence-electron chi connectivity index (χ3n) is 2.52. The van der Waals surface area contributed by atoms with E-state index in [0.29, 0.717) is 6.54 Å². The summed E-state index contributed by atoms with van der Waals surface area (Å²) in [5.41, 5.74) is 1.22. The molecule has 0 saturated heterocycles. The first kappa shape index (κ1) is 13.8. The monoisotopic (exact) mass is 251 g/mol. The fourth-order valence-electron chi connectivity index (χ4n) is 1.74. The van der Waals surface area contributed by atoms with Gasteiger partial charge in [0.25, 0.3) is 0 Å². The van der Waals surface area contributed by atoms with Crippen LogP contribution in [0.1, 0.15) is 12.0 Å². The lowest BCUT2D eigenvalue weighted by Crippen LogP contribution is -2.37. The minimum absolute atomic E-state index is 0.518. The minimum Gasteiger partial charge on any atom is -0.397 e. The van der Waals surface area contributed by atoms with Crippen LogP contribution in [0, 0.1) is 0 Å². The molecule has 0 aliphatic carbocycles. The van der Waals surface area contributed by atoms with Gasteiger partial charge in [-0.15, -0.1) is 0 Å². The number of hydrogen-bond donors (Lipinski definition) is 0. The van der Waals surface area contributed by atoms with E-state index in [1.165, 1.54) is 5.56 Å². The van der Waals surface area contributed by atoms with Crippen molar-refractivity contribution >= 4 is 20.6 Å². The van der Waals surface area contributed by atoms with E-state index in [1.54, 1.807) is 20.3 Å². The van der Waals surface area contributed by atoms with Crippen LogP contribution in [-0.2, 0) is 20.1 Å². The Morgan fingerprint density at radius 3 is 2.65 bits per heavy atom. The van der Waals surface area contributed by atoms with Crippen molar-refractivity contribution in [3.05, 3.63) is 29.8 Å². The van der Waals surface area contributed by atoms with Gasteiger partial charge >= 0.3 is 9.28 Å². The van der Waals surface area contributed by atoms with E-state index in [4.69, 9.17) is 8.85 Å². The second kappa shape index (κ2) is 7.92. The Bertz CT molecular complexity index is 387. The average molecular weight is 251 g/mol. The topological polar surface area (TPSA) is 47.9 Å². The highest BCUT2D eigenvalue weighted by Gasteiger charge is 2.16. The van der Waals surface area contributed by atoms with E-state index in [-0.39, 0.29) is 0 Å². The number of carbonyl (C=O) groups excluding carboxylic acids is 1. The van der Waals surface area contributed by atoms with E-state index in [9.17, 15) is 4.79 Å². The summed E-state index contributed by atoms with van der Waals surface area (Å²) in [7, 11) is 1.59. The molecule has 0 spiro atoms. The number of aryl methyl sites for hydroxylation is 1. The van der Waals surface area contributed by atoms with Gasteiger partial charge in [-0.2, -0.15) is 0 Å². The van der Waals surface area contributed by atoms with Crippen LogP contribution in [0.3, 0.4) is 0 Å². The third kappa shape index (κ3) is 4.24. The van der Waals surface area contributed by atoms with Gasteiger partial charge < -0.3 is 8.85 Å². The van der Waals surface area contributed by atoms with Crippen LogP contribution in [0.5, 0.6) is 0 Å². The van der Waals surface area contributed by atoms with Crippen molar-refractivity contribution in [3.8, 4) is 0 Å². The smallest absolute Gasteiger partial charge is 0.355 e. The van der Waals surface area contributed by atoms with Crippen molar-refractivity contribution < 1.29 is 13.6 Å². The van der Waals surface area contributed by atoms with E-state index < -0.39 is 9.28 Å². The largest absolute Gasteiger partial charge is 0.397 e. The molecule has 0 fully saturated rings. The van der Waals surface area contributed by atoms with Crippen molar-refractivity contribution in [2.24, 2.45) is 4.99 Å². The van der Waals surface area contributed by atoms with Gasteiger partial charge in [0.05, 0.1) is 6.54 Å². The van der Waals surface area contributed by atoms with Crippen molar-refractivity contribution in [3.63, 3.8) is 0 Å². The molecule has 92 valence electrons. The molecule has 0 unspecified atom stereocenters. The Hall–Kier alpha value is -1.26. The summed E-state index contributed by atoms with van der Waals surface area (Å²) in [6.45, 7) is 0.518. The van der Waals surface area contributed by atoms with E-state index in [2.05, 4.69) is 11.1 Å². The summed E-state index contributed by atoms with van der Waals surface area (Å²) in [5.74, 6) is 0. The first-order valence-electron chi connectivity index (χ1n) is 5.50. The third-order valence-corrected chi connectivity index (χ3v) is 4.45. The van der Waals surface area contributed by atoms with Crippen LogP contribution in [0.25, 0.3) is 0 Å². The molecule has 0 heterocycles. The fraction of sp³-hybridized carbons (Fsp3) is 0.417. The number of rotatable bonds is 7. The molecule has 0 aliphatic heterocycles. The maximum atomic E-state index is 9.96. The Morgan fingerprint density at radius 2 is 2.00 bits per heavy atom. The Morgan fingerprint density at radius 1 is 1.29 bits per heavy atom. The predicted octanol–water partition coefficient (Wildman–Crippen LogP) is 0.675. The van der Waals surface area contributed by atoms with Crippen molar-refractivity contribution in [2.45, 2.75) is 12.8 Å². The zero-order valence-electron chi connectivity index (χ0n) is 10.2. The summed E-state index contributed by atoms with van der Waals surface area (Å²) in [5, 5.41) is 1.16. The standard InChI is InChI=1S/C12H17NO3Si/c1-15-17(16-2)12-8-4-3-6-11(12)7-5-9-13-10-14/h3-4,6,8,17H,5,7,9H2,1-2H3. The molecule has 0 aliphatic rings. The maximum Gasteiger partial charge on any atom is 0.355 e. The Balaban J connectivity index is 2.73. The van der Waals surface area contributed by atoms with Crippen molar-refractivity contribution in [1.82, 2.24) is 0 Å². The number of nitrogens with zero attached hydrogens (tertiary/aromatic N) is 1. The molecule has 0 atom stereocenters. The molecule has 1 aromatic rings. The highest BCUT2D eigenvalue weighted by atomic mass is 28.3. The molecular weight excluding hydrogens is 234 g/mol. The van der Waals surface area contributed by atoms with Gasteiger partial charge in [-0.1, -0.05) is 24.3 Å². The Kier molecular flexibility index (Phi) is 6.43. The van der Waals surface area contributed by atoms with Gasteiger partial charge in [0, 0.05) is 14.2 Å². The zero-order chi connectivity index (χ0) is 12.5. The summed E-state index contributed by atoms with van der Waals surface area (Å²) >= 11 is 0. The van der Waals surface area contributed by atoms with Gasteiger partial charge in [0.15, 0.2) is 0 Å². The van der Waals surface area contributed by atoms with E-state index >= 15 is 0 Å². The summed E-state index contributed by atoms with van der Waals surface area (Å²) < 4.78 is 10.8. The molecule has 0 N–H and O–H groups in total. The molecule has 4 nitrogen and oxygen atoms in total. The summed E-state index contributed by atoms with van der Waals surface area (Å²) in [6.07, 6.45) is 3.25. The van der Waals surface area contributed by atoms with Gasteiger partial charge in [0.1, 0.15) is 0 Å². The van der Waals surface area contributed by atoms with Crippen LogP contribution in [0.15, 0.2) is 29.3 Å². The number of isocyanates is 1. The van der Waals surface area contributed by atoms with E-state index in [0.717, 1.165) is 18.0 Å².